The number of nitrogens with two attached hydrogens (primary N) is 1. The predicted molar refractivity (Wildman–Crippen MR) is 75.5 cm³/mol. The highest BCUT2D eigenvalue weighted by atomic mass is 32.2. The van der Waals surface area contributed by atoms with E-state index in [2.05, 4.69) is 11.4 Å². The van der Waals surface area contributed by atoms with Crippen LogP contribution in [-0.4, -0.2) is 26.0 Å². The molecule has 0 saturated carbocycles. The molecule has 102 valence electrons. The summed E-state index contributed by atoms with van der Waals surface area (Å²) in [4.78, 5) is 0. The van der Waals surface area contributed by atoms with Crippen LogP contribution in [0.5, 0.6) is 0 Å². The van der Waals surface area contributed by atoms with E-state index in [9.17, 15) is 8.42 Å². The van der Waals surface area contributed by atoms with Crippen LogP contribution in [0.4, 0.5) is 11.4 Å². The number of nitrogen functional groups attached to an aromatic ring is 1. The summed E-state index contributed by atoms with van der Waals surface area (Å²) in [5.41, 5.74) is 7.92. The van der Waals surface area contributed by atoms with E-state index in [-0.39, 0.29) is 11.7 Å². The Morgan fingerprint density at radius 1 is 1.47 bits per heavy atom. The number of hydrogen-bond donors (Lipinski definition) is 2. The Balaban J connectivity index is 2.04. The number of rotatable bonds is 4. The molecule has 1 aliphatic heterocycles. The number of anilines is 2. The van der Waals surface area contributed by atoms with Crippen molar-refractivity contribution < 1.29 is 8.42 Å². The lowest BCUT2D eigenvalue weighted by Gasteiger charge is -2.13. The second-order valence-electron chi connectivity index (χ2n) is 4.76. The molecule has 19 heavy (non-hydrogen) atoms. The maximum Gasteiger partial charge on any atom is 0.154 e. The fourth-order valence-corrected chi connectivity index (χ4v) is 4.04. The molecule has 1 atom stereocenters. The molecule has 0 aromatic heterocycles. The van der Waals surface area contributed by atoms with E-state index in [4.69, 9.17) is 11.0 Å². The average Bonchev–Trinajstić information content (AvgIpc) is 2.70. The third-order valence-electron chi connectivity index (χ3n) is 3.41. The Hall–Kier alpha value is -1.74. The monoisotopic (exact) mass is 279 g/mol. The number of sulfone groups is 1. The Morgan fingerprint density at radius 2 is 2.26 bits per heavy atom. The highest BCUT2D eigenvalue weighted by Crippen LogP contribution is 2.22. The van der Waals surface area contributed by atoms with E-state index in [0.29, 0.717) is 18.0 Å². The van der Waals surface area contributed by atoms with Crippen molar-refractivity contribution in [1.29, 1.82) is 5.26 Å². The van der Waals surface area contributed by atoms with Crippen molar-refractivity contribution in [2.45, 2.75) is 24.5 Å². The normalized spacial score (nSPS) is 20.9. The molecule has 0 aliphatic carbocycles. The topological polar surface area (TPSA) is 96.0 Å². The molecule has 1 unspecified atom stereocenters. The van der Waals surface area contributed by atoms with Crippen LogP contribution in [0.15, 0.2) is 18.2 Å². The van der Waals surface area contributed by atoms with Crippen LogP contribution in [-0.2, 0) is 16.3 Å². The second kappa shape index (κ2) is 5.49. The zero-order valence-electron chi connectivity index (χ0n) is 10.6. The Morgan fingerprint density at radius 3 is 2.89 bits per heavy atom. The average molecular weight is 279 g/mol. The molecule has 0 amide bonds. The quantitative estimate of drug-likeness (QED) is 0.810. The molecular formula is C13H17N3O2S. The van der Waals surface area contributed by atoms with Gasteiger partial charge in [0.15, 0.2) is 9.84 Å². The highest BCUT2D eigenvalue weighted by Gasteiger charge is 2.30. The third kappa shape index (κ3) is 3.18. The van der Waals surface area contributed by atoms with Crippen molar-refractivity contribution in [2.24, 2.45) is 0 Å². The minimum atomic E-state index is -2.93. The van der Waals surface area contributed by atoms with Crippen LogP contribution in [0.3, 0.4) is 0 Å². The summed E-state index contributed by atoms with van der Waals surface area (Å²) < 4.78 is 23.4. The van der Waals surface area contributed by atoms with E-state index < -0.39 is 9.84 Å². The van der Waals surface area contributed by atoms with Gasteiger partial charge in [0, 0.05) is 17.9 Å². The van der Waals surface area contributed by atoms with Crippen LogP contribution < -0.4 is 11.1 Å². The molecular weight excluding hydrogens is 262 g/mol. The summed E-state index contributed by atoms with van der Waals surface area (Å²) in [5.74, 6) is 0.292. The first-order valence-corrected chi connectivity index (χ1v) is 7.95. The second-order valence-corrected chi connectivity index (χ2v) is 7.16. The molecule has 1 aromatic rings. The largest absolute Gasteiger partial charge is 0.398 e. The number of nitrogens with one attached hydrogen (secondary N) is 1. The zero-order chi connectivity index (χ0) is 13.9. The van der Waals surface area contributed by atoms with Crippen molar-refractivity contribution in [3.8, 4) is 6.07 Å². The molecule has 0 radical (unpaired) electrons. The standard InChI is InChI=1S/C13H17N3O2S/c14-6-5-10-8-11(3-4-13(10)15)16-9-12-2-1-7-19(12,17)18/h3-4,8,12,16H,1-2,5,7,9,15H2. The van der Waals surface area contributed by atoms with Crippen LogP contribution in [0, 0.1) is 11.3 Å². The maximum absolute atomic E-state index is 11.7. The summed E-state index contributed by atoms with van der Waals surface area (Å²) in [6.07, 6.45) is 1.72. The van der Waals surface area contributed by atoms with Crippen LogP contribution in [0.2, 0.25) is 0 Å². The number of benzene rings is 1. The van der Waals surface area contributed by atoms with Gasteiger partial charge in [-0.25, -0.2) is 8.42 Å². The Labute approximate surface area is 113 Å². The number of hydrogen-bond acceptors (Lipinski definition) is 5. The predicted octanol–water partition coefficient (Wildman–Crippen LogP) is 1.32. The summed E-state index contributed by atoms with van der Waals surface area (Å²) in [6, 6.07) is 7.40. The Bertz CT molecular complexity index is 605. The van der Waals surface area contributed by atoms with Crippen LogP contribution >= 0.6 is 0 Å². The molecule has 1 heterocycles. The minimum Gasteiger partial charge on any atom is -0.398 e. The van der Waals surface area contributed by atoms with Gasteiger partial charge in [-0.05, 0) is 36.6 Å². The lowest BCUT2D eigenvalue weighted by Crippen LogP contribution is -2.25. The molecule has 1 fully saturated rings. The zero-order valence-corrected chi connectivity index (χ0v) is 11.4. The third-order valence-corrected chi connectivity index (χ3v) is 5.68. The lowest BCUT2D eigenvalue weighted by molar-refractivity contribution is 0.591. The molecule has 5 nitrogen and oxygen atoms in total. The summed E-state index contributed by atoms with van der Waals surface area (Å²) in [7, 11) is -2.93. The van der Waals surface area contributed by atoms with Gasteiger partial charge in [0.25, 0.3) is 0 Å². The SMILES string of the molecule is N#CCc1cc(NCC2CCCS2(=O)=O)ccc1N. The molecule has 1 aromatic carbocycles. The molecule has 1 aliphatic rings. The molecule has 0 bridgehead atoms. The molecule has 0 spiro atoms. The Kier molecular flexibility index (Phi) is 3.96. The first-order valence-electron chi connectivity index (χ1n) is 6.24. The van der Waals surface area contributed by atoms with Crippen molar-refractivity contribution in [2.75, 3.05) is 23.3 Å². The first-order chi connectivity index (χ1) is 9.03. The smallest absolute Gasteiger partial charge is 0.154 e. The van der Waals surface area contributed by atoms with Gasteiger partial charge in [-0.15, -0.1) is 0 Å². The van der Waals surface area contributed by atoms with Gasteiger partial charge in [0.05, 0.1) is 23.5 Å². The molecule has 2 rings (SSSR count). The van der Waals surface area contributed by atoms with Gasteiger partial charge in [-0.3, -0.25) is 0 Å². The summed E-state index contributed by atoms with van der Waals surface area (Å²) in [5, 5.41) is 11.5. The van der Waals surface area contributed by atoms with Gasteiger partial charge in [0.1, 0.15) is 0 Å². The van der Waals surface area contributed by atoms with Crippen molar-refractivity contribution in [3.05, 3.63) is 23.8 Å². The lowest BCUT2D eigenvalue weighted by atomic mass is 10.1. The fourth-order valence-electron chi connectivity index (χ4n) is 2.27. The van der Waals surface area contributed by atoms with Gasteiger partial charge in [-0.2, -0.15) is 5.26 Å². The van der Waals surface area contributed by atoms with Crippen molar-refractivity contribution in [3.63, 3.8) is 0 Å². The van der Waals surface area contributed by atoms with Crippen molar-refractivity contribution in [1.82, 2.24) is 0 Å². The fraction of sp³-hybridized carbons (Fsp3) is 0.462. The molecule has 1 saturated heterocycles. The molecule has 6 heteroatoms. The van der Waals surface area contributed by atoms with Gasteiger partial charge >= 0.3 is 0 Å². The van der Waals surface area contributed by atoms with E-state index in [1.54, 1.807) is 18.2 Å². The summed E-state index contributed by atoms with van der Waals surface area (Å²) >= 11 is 0. The van der Waals surface area contributed by atoms with E-state index in [1.807, 2.05) is 0 Å². The van der Waals surface area contributed by atoms with Gasteiger partial charge < -0.3 is 11.1 Å². The summed E-state index contributed by atoms with van der Waals surface area (Å²) in [6.45, 7) is 0.415. The van der Waals surface area contributed by atoms with Crippen LogP contribution in [0.25, 0.3) is 0 Å². The molecule has 3 N–H and O–H groups in total. The van der Waals surface area contributed by atoms with E-state index in [0.717, 1.165) is 24.1 Å². The highest BCUT2D eigenvalue weighted by molar-refractivity contribution is 7.92. The van der Waals surface area contributed by atoms with E-state index in [1.165, 1.54) is 0 Å². The van der Waals surface area contributed by atoms with Gasteiger partial charge in [0.2, 0.25) is 0 Å². The first kappa shape index (κ1) is 13.7. The van der Waals surface area contributed by atoms with E-state index >= 15 is 0 Å². The van der Waals surface area contributed by atoms with Gasteiger partial charge in [-0.1, -0.05) is 0 Å². The maximum atomic E-state index is 11.7. The number of nitriles is 1. The minimum absolute atomic E-state index is 0.253. The number of nitrogens with zero attached hydrogens (tertiary/aromatic N) is 1. The van der Waals surface area contributed by atoms with Crippen LogP contribution in [0.1, 0.15) is 18.4 Å². The van der Waals surface area contributed by atoms with Crippen molar-refractivity contribution >= 4 is 21.2 Å².